The number of rotatable bonds is 3. The zero-order valence-corrected chi connectivity index (χ0v) is 19.7. The van der Waals surface area contributed by atoms with Crippen molar-refractivity contribution in [3.63, 3.8) is 0 Å². The van der Waals surface area contributed by atoms with Gasteiger partial charge >= 0.3 is 103 Å². The van der Waals surface area contributed by atoms with Crippen LogP contribution in [-0.2, 0) is 0 Å². The molecule has 0 spiro atoms. The van der Waals surface area contributed by atoms with Crippen molar-refractivity contribution in [2.75, 3.05) is 0 Å². The molecule has 0 N–H and O–H groups in total. The van der Waals surface area contributed by atoms with Gasteiger partial charge in [0.1, 0.15) is 0 Å². The standard InChI is InChI=1S/C20H18.2K.2H/c1-3-7-19-15(5-1)9-11-17(19)13-14-18-12-10-16-6-2-4-8-20(16)18;;;;/h1-12,17-18H,13-14H2;;;;/q;2*+1;2*-1. The third-order valence-electron chi connectivity index (χ3n) is 4.60. The Morgan fingerprint density at radius 2 is 1.05 bits per heavy atom. The van der Waals surface area contributed by atoms with E-state index in [0.29, 0.717) is 11.8 Å². The van der Waals surface area contributed by atoms with E-state index in [1.54, 1.807) is 0 Å². The predicted molar refractivity (Wildman–Crippen MR) is 87.9 cm³/mol. The number of hydrogen-bond donors (Lipinski definition) is 0. The van der Waals surface area contributed by atoms with E-state index in [1.807, 2.05) is 0 Å². The van der Waals surface area contributed by atoms with Crippen molar-refractivity contribution in [3.8, 4) is 0 Å². The van der Waals surface area contributed by atoms with Crippen LogP contribution in [0.3, 0.4) is 0 Å². The van der Waals surface area contributed by atoms with Crippen molar-refractivity contribution < 1.29 is 106 Å². The van der Waals surface area contributed by atoms with Gasteiger partial charge in [0, 0.05) is 11.8 Å². The minimum Gasteiger partial charge on any atom is -1.00 e. The average molecular weight is 339 g/mol. The Hall–Kier alpha value is 1.19. The topological polar surface area (TPSA) is 0 Å². The molecular formula is C20H20K2. The van der Waals surface area contributed by atoms with Gasteiger partial charge in [0.05, 0.1) is 0 Å². The fourth-order valence-electron chi connectivity index (χ4n) is 3.51. The van der Waals surface area contributed by atoms with Crippen molar-refractivity contribution in [3.05, 3.63) is 82.9 Å². The van der Waals surface area contributed by atoms with E-state index in [0.717, 1.165) is 0 Å². The van der Waals surface area contributed by atoms with E-state index in [4.69, 9.17) is 0 Å². The van der Waals surface area contributed by atoms with Crippen LogP contribution in [0.25, 0.3) is 12.2 Å². The first-order valence-electron chi connectivity index (χ1n) is 7.46. The van der Waals surface area contributed by atoms with Crippen LogP contribution in [0.15, 0.2) is 60.7 Å². The molecule has 0 fully saturated rings. The molecule has 2 atom stereocenters. The van der Waals surface area contributed by atoms with Crippen LogP contribution in [0.2, 0.25) is 0 Å². The van der Waals surface area contributed by atoms with Gasteiger partial charge in [-0.05, 0) is 35.1 Å². The summed E-state index contributed by atoms with van der Waals surface area (Å²) in [5, 5.41) is 0. The zero-order valence-electron chi connectivity index (χ0n) is 15.5. The largest absolute Gasteiger partial charge is 1.00 e. The summed E-state index contributed by atoms with van der Waals surface area (Å²) in [6.07, 6.45) is 11.8. The van der Waals surface area contributed by atoms with Gasteiger partial charge in [0.15, 0.2) is 0 Å². The summed E-state index contributed by atoms with van der Waals surface area (Å²) in [6.45, 7) is 0. The smallest absolute Gasteiger partial charge is 1.00 e. The van der Waals surface area contributed by atoms with E-state index in [1.165, 1.54) is 35.1 Å². The fourth-order valence-corrected chi connectivity index (χ4v) is 3.51. The molecule has 2 aliphatic carbocycles. The molecule has 2 unspecified atom stereocenters. The predicted octanol–water partition coefficient (Wildman–Crippen LogP) is -0.379. The van der Waals surface area contributed by atoms with Gasteiger partial charge in [0.2, 0.25) is 0 Å². The second-order valence-corrected chi connectivity index (χ2v) is 5.77. The van der Waals surface area contributed by atoms with Gasteiger partial charge in [-0.2, -0.15) is 0 Å². The molecule has 2 heteroatoms. The minimum absolute atomic E-state index is 0. The van der Waals surface area contributed by atoms with Crippen LogP contribution >= 0.6 is 0 Å². The van der Waals surface area contributed by atoms with Crippen molar-refractivity contribution in [2.45, 2.75) is 24.7 Å². The van der Waals surface area contributed by atoms with Crippen LogP contribution in [0, 0.1) is 0 Å². The maximum Gasteiger partial charge on any atom is 1.00 e. The summed E-state index contributed by atoms with van der Waals surface area (Å²) >= 11 is 0. The Labute approximate surface area is 221 Å². The summed E-state index contributed by atoms with van der Waals surface area (Å²) < 4.78 is 0. The first-order chi connectivity index (χ1) is 9.92. The molecule has 0 nitrogen and oxygen atoms in total. The second kappa shape index (κ2) is 9.05. The van der Waals surface area contributed by atoms with E-state index in [9.17, 15) is 0 Å². The Balaban J connectivity index is 0.00000132. The average Bonchev–Trinajstić information content (AvgIpc) is 3.09. The Kier molecular flexibility index (Phi) is 8.03. The van der Waals surface area contributed by atoms with E-state index < -0.39 is 0 Å². The number of hydrogen-bond acceptors (Lipinski definition) is 0. The number of benzene rings is 2. The van der Waals surface area contributed by atoms with Gasteiger partial charge in [-0.3, -0.25) is 0 Å². The van der Waals surface area contributed by atoms with Gasteiger partial charge in [-0.25, -0.2) is 0 Å². The monoisotopic (exact) mass is 338 g/mol. The maximum absolute atomic E-state index is 2.37. The van der Waals surface area contributed by atoms with Gasteiger partial charge < -0.3 is 2.85 Å². The molecule has 0 radical (unpaired) electrons. The quantitative estimate of drug-likeness (QED) is 0.670. The van der Waals surface area contributed by atoms with Crippen molar-refractivity contribution in [2.24, 2.45) is 0 Å². The summed E-state index contributed by atoms with van der Waals surface area (Å²) in [6, 6.07) is 17.6. The minimum atomic E-state index is 0. The Morgan fingerprint density at radius 3 is 1.50 bits per heavy atom. The molecule has 0 bridgehead atoms. The molecule has 0 amide bonds. The zero-order chi connectivity index (χ0) is 13.4. The fraction of sp³-hybridized carbons (Fsp3) is 0.200. The number of fused-ring (bicyclic) bond motifs is 2. The Bertz CT molecular complexity index is 649. The summed E-state index contributed by atoms with van der Waals surface area (Å²) in [5.74, 6) is 1.21. The van der Waals surface area contributed by atoms with Crippen molar-refractivity contribution >= 4 is 12.2 Å². The molecule has 0 aromatic heterocycles. The second-order valence-electron chi connectivity index (χ2n) is 5.77. The van der Waals surface area contributed by atoms with Gasteiger partial charge in [0.25, 0.3) is 0 Å². The van der Waals surface area contributed by atoms with Crippen LogP contribution in [-0.4, -0.2) is 0 Å². The number of allylic oxidation sites excluding steroid dienone is 2. The molecule has 0 heterocycles. The molecule has 0 aliphatic heterocycles. The molecular weight excluding hydrogens is 318 g/mol. The molecule has 0 saturated heterocycles. The molecule has 4 rings (SSSR count). The van der Waals surface area contributed by atoms with Crippen molar-refractivity contribution in [1.29, 1.82) is 0 Å². The third-order valence-corrected chi connectivity index (χ3v) is 4.60. The van der Waals surface area contributed by atoms with Crippen LogP contribution in [0.5, 0.6) is 0 Å². The SMILES string of the molecule is C1=CC(CCC2C=Cc3ccccc32)c2ccccc21.[H-].[H-].[K+].[K+]. The van der Waals surface area contributed by atoms with E-state index in [2.05, 4.69) is 72.8 Å². The molecule has 2 aromatic rings. The van der Waals surface area contributed by atoms with Crippen LogP contribution in [0.4, 0.5) is 0 Å². The molecule has 22 heavy (non-hydrogen) atoms. The van der Waals surface area contributed by atoms with Gasteiger partial charge in [-0.1, -0.05) is 72.8 Å². The molecule has 2 aliphatic rings. The first kappa shape index (κ1) is 19.5. The summed E-state index contributed by atoms with van der Waals surface area (Å²) in [4.78, 5) is 0. The normalized spacial score (nSPS) is 20.0. The molecule has 102 valence electrons. The Morgan fingerprint density at radius 1 is 0.636 bits per heavy atom. The van der Waals surface area contributed by atoms with E-state index in [-0.39, 0.29) is 106 Å². The van der Waals surface area contributed by atoms with E-state index >= 15 is 0 Å². The first-order valence-corrected chi connectivity index (χ1v) is 7.46. The molecule has 2 aromatic carbocycles. The van der Waals surface area contributed by atoms with Crippen LogP contribution in [0.1, 0.15) is 49.8 Å². The van der Waals surface area contributed by atoms with Crippen LogP contribution < -0.4 is 103 Å². The third kappa shape index (κ3) is 4.05. The summed E-state index contributed by atoms with van der Waals surface area (Å²) in [5.41, 5.74) is 5.81. The molecule has 0 saturated carbocycles. The van der Waals surface area contributed by atoms with Crippen molar-refractivity contribution in [1.82, 2.24) is 0 Å². The summed E-state index contributed by atoms with van der Waals surface area (Å²) in [7, 11) is 0. The maximum atomic E-state index is 2.37. The van der Waals surface area contributed by atoms with Gasteiger partial charge in [-0.15, -0.1) is 0 Å².